The van der Waals surface area contributed by atoms with Gasteiger partial charge in [-0.15, -0.1) is 0 Å². The molecule has 0 spiro atoms. The molecule has 0 saturated carbocycles. The number of hydrogen-bond acceptors (Lipinski definition) is 0. The van der Waals surface area contributed by atoms with Gasteiger partial charge in [-0.3, -0.25) is 0 Å². The van der Waals surface area contributed by atoms with Crippen molar-refractivity contribution < 1.29 is 1.43 Å². The van der Waals surface area contributed by atoms with Crippen LogP contribution in [-0.2, 0) is 0 Å². The molecule has 0 aliphatic heterocycles. The summed E-state index contributed by atoms with van der Waals surface area (Å²) in [4.78, 5) is 0. The topological polar surface area (TPSA) is 0 Å². The maximum absolute atomic E-state index is 3.77. The Morgan fingerprint density at radius 1 is 1.33 bits per heavy atom. The van der Waals surface area contributed by atoms with Gasteiger partial charge in [0, 0.05) is 28.7 Å². The first-order valence-corrected chi connectivity index (χ1v) is 1.85. The minimum absolute atomic E-state index is 0. The molecule has 6 heavy (non-hydrogen) atoms. The molecule has 0 unspecified atom stereocenters. The van der Waals surface area contributed by atoms with Gasteiger partial charge in [0.05, 0.1) is 0 Å². The van der Waals surface area contributed by atoms with Gasteiger partial charge >= 0.3 is 0 Å². The van der Waals surface area contributed by atoms with Gasteiger partial charge in [0.15, 0.2) is 0 Å². The summed E-state index contributed by atoms with van der Waals surface area (Å²) in [5, 5.41) is 0. The Hall–Kier alpha value is 0.922. The van der Waals surface area contributed by atoms with Crippen LogP contribution in [0.4, 0.5) is 0 Å². The van der Waals surface area contributed by atoms with Crippen LogP contribution in [0.15, 0.2) is 0 Å². The minimum atomic E-state index is 0. The average Bonchev–Trinajstić information content (AvgIpc) is 0.722. The third-order valence-electron chi connectivity index (χ3n) is 0. The van der Waals surface area contributed by atoms with Crippen molar-refractivity contribution in [3.63, 3.8) is 0 Å². The molecule has 0 amide bonds. The number of rotatable bonds is 0. The van der Waals surface area contributed by atoms with E-state index in [0.29, 0.717) is 0 Å². The molecular weight excluding hydrogens is 267 g/mol. The average molecular weight is 280 g/mol. The second-order valence-electron chi connectivity index (χ2n) is 2.56. The Morgan fingerprint density at radius 3 is 1.33 bits per heavy atom. The second-order valence-corrected chi connectivity index (χ2v) is 2.56. The van der Waals surface area contributed by atoms with Crippen molar-refractivity contribution in [1.82, 2.24) is 0 Å². The first kappa shape index (κ1) is 10.0. The van der Waals surface area contributed by atoms with Gasteiger partial charge < -0.3 is 0 Å². The van der Waals surface area contributed by atoms with Crippen LogP contribution in [0.2, 0.25) is 0 Å². The summed E-state index contributed by atoms with van der Waals surface area (Å²) in [5.41, 5.74) is 0.250. The SMILES string of the molecule is [CH2]C(C)(C)C.[HH].[Pb]. The number of hydrogen-bond donors (Lipinski definition) is 0. The largest absolute Gasteiger partial charge is 0.0602 e. The van der Waals surface area contributed by atoms with E-state index in [1.165, 1.54) is 0 Å². The van der Waals surface area contributed by atoms with Gasteiger partial charge in [-0.1, -0.05) is 20.8 Å². The van der Waals surface area contributed by atoms with Crippen molar-refractivity contribution in [2.75, 3.05) is 0 Å². The predicted octanol–water partition coefficient (Wildman–Crippen LogP) is 1.73. The molecule has 0 atom stereocenters. The third kappa shape index (κ3) is 89.1. The Bertz CT molecular complexity index is 23.6. The van der Waals surface area contributed by atoms with Crippen molar-refractivity contribution in [3.05, 3.63) is 6.92 Å². The van der Waals surface area contributed by atoms with Crippen LogP contribution in [-0.4, -0.2) is 27.3 Å². The van der Waals surface area contributed by atoms with Crippen molar-refractivity contribution >= 4 is 27.3 Å². The summed E-state index contributed by atoms with van der Waals surface area (Å²) < 4.78 is 0. The van der Waals surface area contributed by atoms with Crippen LogP contribution in [0.3, 0.4) is 0 Å². The molecule has 0 heterocycles. The molecule has 0 aromatic carbocycles. The standard InChI is InChI=1S/C5H11.Pb.H2/c1-5(2,3)4;;/h1H2,2-4H3;;1H. The van der Waals surface area contributed by atoms with Gasteiger partial charge in [-0.2, -0.15) is 0 Å². The summed E-state index contributed by atoms with van der Waals surface area (Å²) in [6.07, 6.45) is 0. The quantitative estimate of drug-likeness (QED) is 0.593. The normalized spacial score (nSPS) is 10.0. The zero-order valence-corrected chi connectivity index (χ0v) is 8.59. The van der Waals surface area contributed by atoms with Crippen molar-refractivity contribution in [3.8, 4) is 0 Å². The Morgan fingerprint density at radius 2 is 1.33 bits per heavy atom. The van der Waals surface area contributed by atoms with Crippen molar-refractivity contribution in [2.24, 2.45) is 5.41 Å². The third-order valence-corrected chi connectivity index (χ3v) is 0. The molecule has 0 N–H and O–H groups in total. The van der Waals surface area contributed by atoms with Crippen molar-refractivity contribution in [2.45, 2.75) is 20.8 Å². The molecule has 0 fully saturated rings. The predicted molar refractivity (Wildman–Crippen MR) is 32.7 cm³/mol. The van der Waals surface area contributed by atoms with E-state index in [4.69, 9.17) is 0 Å². The first-order chi connectivity index (χ1) is 2.00. The molecule has 1 heteroatoms. The maximum atomic E-state index is 3.77. The Balaban J connectivity index is -0.0000000800. The molecular formula is C5H13Pb. The van der Waals surface area contributed by atoms with E-state index in [9.17, 15) is 0 Å². The summed E-state index contributed by atoms with van der Waals surface area (Å²) in [6.45, 7) is 10.0. The van der Waals surface area contributed by atoms with E-state index in [1.54, 1.807) is 0 Å². The van der Waals surface area contributed by atoms with Crippen LogP contribution in [0.25, 0.3) is 0 Å². The van der Waals surface area contributed by atoms with E-state index in [-0.39, 0.29) is 34.1 Å². The summed E-state index contributed by atoms with van der Waals surface area (Å²) >= 11 is 0. The Labute approximate surface area is 62.0 Å². The van der Waals surface area contributed by atoms with Crippen LogP contribution >= 0.6 is 0 Å². The van der Waals surface area contributed by atoms with Gasteiger partial charge in [0.25, 0.3) is 0 Å². The first-order valence-electron chi connectivity index (χ1n) is 1.85. The van der Waals surface area contributed by atoms with E-state index < -0.39 is 0 Å². The van der Waals surface area contributed by atoms with Crippen LogP contribution < -0.4 is 0 Å². The molecule has 0 nitrogen and oxygen atoms in total. The molecule has 0 aliphatic carbocycles. The van der Waals surface area contributed by atoms with Crippen LogP contribution in [0.5, 0.6) is 0 Å². The van der Waals surface area contributed by atoms with Gasteiger partial charge in [-0.05, 0) is 12.3 Å². The second kappa shape index (κ2) is 2.99. The molecule has 0 aromatic heterocycles. The molecule has 0 saturated heterocycles. The summed E-state index contributed by atoms with van der Waals surface area (Å²) in [5.74, 6) is 0. The maximum Gasteiger partial charge on any atom is 0 e. The summed E-state index contributed by atoms with van der Waals surface area (Å²) in [7, 11) is 0. The fraction of sp³-hybridized carbons (Fsp3) is 0.800. The van der Waals surface area contributed by atoms with Crippen LogP contribution in [0, 0.1) is 12.3 Å². The molecule has 0 aromatic rings. The molecule has 5 radical (unpaired) electrons. The fourth-order valence-corrected chi connectivity index (χ4v) is 0. The smallest absolute Gasteiger partial charge is 0 e. The zero-order chi connectivity index (χ0) is 4.50. The fourth-order valence-electron chi connectivity index (χ4n) is 0. The van der Waals surface area contributed by atoms with Gasteiger partial charge in [0.2, 0.25) is 0 Å². The molecule has 0 aliphatic rings. The molecule has 37 valence electrons. The van der Waals surface area contributed by atoms with Gasteiger partial charge in [-0.25, -0.2) is 0 Å². The molecule has 0 rings (SSSR count). The van der Waals surface area contributed by atoms with E-state index in [0.717, 1.165) is 0 Å². The summed E-state index contributed by atoms with van der Waals surface area (Å²) in [6, 6.07) is 0. The van der Waals surface area contributed by atoms with E-state index in [1.807, 2.05) is 0 Å². The van der Waals surface area contributed by atoms with E-state index >= 15 is 0 Å². The van der Waals surface area contributed by atoms with Crippen LogP contribution in [0.1, 0.15) is 22.2 Å². The van der Waals surface area contributed by atoms with Crippen molar-refractivity contribution in [1.29, 1.82) is 0 Å². The zero-order valence-electron chi connectivity index (χ0n) is 4.71. The Kier molecular flexibility index (Phi) is 5.00. The molecule has 0 bridgehead atoms. The van der Waals surface area contributed by atoms with E-state index in [2.05, 4.69) is 27.7 Å². The minimum Gasteiger partial charge on any atom is -0.0602 e. The monoisotopic (exact) mass is 281 g/mol. The van der Waals surface area contributed by atoms with Gasteiger partial charge in [0.1, 0.15) is 0 Å².